The summed E-state index contributed by atoms with van der Waals surface area (Å²) in [5, 5.41) is 12.9. The van der Waals surface area contributed by atoms with Gasteiger partial charge in [-0.05, 0) is 44.9 Å². The number of rotatable bonds is 8. The zero-order valence-electron chi connectivity index (χ0n) is 19.5. The van der Waals surface area contributed by atoms with Gasteiger partial charge in [-0.2, -0.15) is 5.26 Å². The molecule has 1 aliphatic carbocycles. The van der Waals surface area contributed by atoms with E-state index in [1.807, 2.05) is 18.2 Å². The normalized spacial score (nSPS) is 19.7. The van der Waals surface area contributed by atoms with Crippen LogP contribution < -0.4 is 16.6 Å². The number of nitrogens with one attached hydrogen (secondary N) is 1. The smallest absolute Gasteiger partial charge is 0.331 e. The highest BCUT2D eigenvalue weighted by molar-refractivity contribution is 5.68. The first-order chi connectivity index (χ1) is 16.3. The van der Waals surface area contributed by atoms with Crippen LogP contribution in [0.25, 0.3) is 4.85 Å². The van der Waals surface area contributed by atoms with Gasteiger partial charge in [0.25, 0.3) is 11.1 Å². The molecule has 3 rings (SSSR count). The molecule has 1 fully saturated rings. The van der Waals surface area contributed by atoms with Crippen molar-refractivity contribution < 1.29 is 9.53 Å². The van der Waals surface area contributed by atoms with Crippen molar-refractivity contribution in [2.45, 2.75) is 63.7 Å². The standard InChI is InChI=1S/C25H29N5O4/c1-18-16-29(17-22(31)34-3)24(33)30(23(18)32)14-6-13-28-20-9-11-25(27-2,12-10-20)21-8-5-4-7-19(21)15-26/h4-5,7-8,16,20,28H,6,9-14,17H2,1,3H3. The van der Waals surface area contributed by atoms with Crippen LogP contribution in [0.5, 0.6) is 0 Å². The fraction of sp³-hybridized carbons (Fsp3) is 0.480. The molecule has 0 unspecified atom stereocenters. The van der Waals surface area contributed by atoms with E-state index >= 15 is 0 Å². The van der Waals surface area contributed by atoms with E-state index in [0.29, 0.717) is 36.9 Å². The van der Waals surface area contributed by atoms with Crippen molar-refractivity contribution >= 4 is 5.97 Å². The summed E-state index contributed by atoms with van der Waals surface area (Å²) in [6.45, 7) is 10.0. The summed E-state index contributed by atoms with van der Waals surface area (Å²) in [7, 11) is 1.25. The van der Waals surface area contributed by atoms with E-state index in [1.54, 1.807) is 13.0 Å². The quantitative estimate of drug-likeness (QED) is 0.365. The third-order valence-corrected chi connectivity index (χ3v) is 6.50. The van der Waals surface area contributed by atoms with E-state index in [9.17, 15) is 19.6 Å². The number of esters is 1. The third kappa shape index (κ3) is 5.27. The average Bonchev–Trinajstić information content (AvgIpc) is 2.87. The Morgan fingerprint density at radius 2 is 2.03 bits per heavy atom. The molecule has 0 spiro atoms. The van der Waals surface area contributed by atoms with Gasteiger partial charge in [0.15, 0.2) is 0 Å². The van der Waals surface area contributed by atoms with Crippen molar-refractivity contribution in [2.24, 2.45) is 0 Å². The molecule has 1 aliphatic rings. The first-order valence-corrected chi connectivity index (χ1v) is 11.3. The molecule has 1 heterocycles. The van der Waals surface area contributed by atoms with Crippen LogP contribution in [0.2, 0.25) is 0 Å². The monoisotopic (exact) mass is 463 g/mol. The van der Waals surface area contributed by atoms with E-state index < -0.39 is 17.2 Å². The van der Waals surface area contributed by atoms with Crippen LogP contribution in [-0.2, 0) is 28.2 Å². The van der Waals surface area contributed by atoms with Gasteiger partial charge in [-0.15, -0.1) is 0 Å². The number of hydrogen-bond acceptors (Lipinski definition) is 6. The van der Waals surface area contributed by atoms with E-state index in [2.05, 4.69) is 21.0 Å². The van der Waals surface area contributed by atoms with Crippen molar-refractivity contribution in [3.8, 4) is 6.07 Å². The fourth-order valence-electron chi connectivity index (χ4n) is 4.58. The average molecular weight is 464 g/mol. The lowest BCUT2D eigenvalue weighted by Crippen LogP contribution is -2.43. The summed E-state index contributed by atoms with van der Waals surface area (Å²) in [6, 6.07) is 9.78. The number of methoxy groups -OCH3 is 1. The molecule has 2 aromatic rings. The summed E-state index contributed by atoms with van der Waals surface area (Å²) < 4.78 is 6.97. The Morgan fingerprint density at radius 1 is 1.32 bits per heavy atom. The highest BCUT2D eigenvalue weighted by Gasteiger charge is 2.44. The summed E-state index contributed by atoms with van der Waals surface area (Å²) in [4.78, 5) is 40.6. The van der Waals surface area contributed by atoms with Crippen LogP contribution in [0.3, 0.4) is 0 Å². The molecule has 0 bridgehead atoms. The second-order valence-electron chi connectivity index (χ2n) is 8.64. The number of aromatic nitrogens is 2. The van der Waals surface area contributed by atoms with Crippen LogP contribution in [0.4, 0.5) is 0 Å². The molecule has 0 saturated heterocycles. The molecule has 0 amide bonds. The first-order valence-electron chi connectivity index (χ1n) is 11.3. The van der Waals surface area contributed by atoms with Crippen LogP contribution in [0.1, 0.15) is 48.8 Å². The molecule has 1 aromatic heterocycles. The predicted molar refractivity (Wildman–Crippen MR) is 126 cm³/mol. The summed E-state index contributed by atoms with van der Waals surface area (Å²) in [6.07, 6.45) is 4.90. The number of carbonyl (C=O) groups is 1. The molecule has 34 heavy (non-hydrogen) atoms. The minimum Gasteiger partial charge on any atom is -0.468 e. The summed E-state index contributed by atoms with van der Waals surface area (Å²) in [5.74, 6) is -0.557. The molecular weight excluding hydrogens is 434 g/mol. The molecule has 1 aromatic carbocycles. The third-order valence-electron chi connectivity index (χ3n) is 6.50. The molecule has 0 radical (unpaired) electrons. The number of carbonyl (C=O) groups excluding carboxylic acids is 1. The van der Waals surface area contributed by atoms with Gasteiger partial charge < -0.3 is 14.9 Å². The highest BCUT2D eigenvalue weighted by Crippen LogP contribution is 2.42. The van der Waals surface area contributed by atoms with E-state index in [1.165, 1.54) is 17.9 Å². The Kier molecular flexibility index (Phi) is 8.04. The maximum absolute atomic E-state index is 12.6. The number of nitrogens with zero attached hydrogens (tertiary/aromatic N) is 4. The summed E-state index contributed by atoms with van der Waals surface area (Å²) in [5.41, 5.74) is 0.207. The molecule has 9 heteroatoms. The maximum Gasteiger partial charge on any atom is 0.331 e. The zero-order chi connectivity index (χ0) is 24.7. The van der Waals surface area contributed by atoms with Gasteiger partial charge in [0, 0.05) is 37.2 Å². The Morgan fingerprint density at radius 3 is 2.68 bits per heavy atom. The van der Waals surface area contributed by atoms with Gasteiger partial charge >= 0.3 is 11.7 Å². The first kappa shape index (κ1) is 24.9. The van der Waals surface area contributed by atoms with Crippen LogP contribution in [0.15, 0.2) is 40.1 Å². The fourth-order valence-corrected chi connectivity index (χ4v) is 4.58. The van der Waals surface area contributed by atoms with Crippen molar-refractivity contribution in [3.05, 3.63) is 79.4 Å². The van der Waals surface area contributed by atoms with Crippen LogP contribution >= 0.6 is 0 Å². The van der Waals surface area contributed by atoms with E-state index in [4.69, 9.17) is 6.57 Å². The van der Waals surface area contributed by atoms with Crippen molar-refractivity contribution in [1.82, 2.24) is 14.5 Å². The predicted octanol–water partition coefficient (Wildman–Crippen LogP) is 2.10. The van der Waals surface area contributed by atoms with Crippen molar-refractivity contribution in [1.29, 1.82) is 5.26 Å². The van der Waals surface area contributed by atoms with Crippen molar-refractivity contribution in [2.75, 3.05) is 13.7 Å². The Labute approximate surface area is 198 Å². The molecule has 1 saturated carbocycles. The largest absolute Gasteiger partial charge is 0.468 e. The number of hydrogen-bond donors (Lipinski definition) is 1. The lowest BCUT2D eigenvalue weighted by molar-refractivity contribution is -0.141. The van der Waals surface area contributed by atoms with Gasteiger partial charge in [0.05, 0.1) is 24.3 Å². The Hall–Kier alpha value is -3.69. The molecular formula is C25H29N5O4. The molecule has 0 atom stereocenters. The Balaban J connectivity index is 1.58. The SMILES string of the molecule is [C-]#[N+]C1(c2ccccc2C#N)CCC(NCCCn2c(=O)c(C)cn(CC(=O)OC)c2=O)CC1. The molecule has 178 valence electrons. The maximum atomic E-state index is 12.6. The minimum absolute atomic E-state index is 0.231. The highest BCUT2D eigenvalue weighted by atomic mass is 16.5. The second kappa shape index (κ2) is 11.0. The molecule has 0 aliphatic heterocycles. The topological polar surface area (TPSA) is 110 Å². The summed E-state index contributed by atoms with van der Waals surface area (Å²) >= 11 is 0. The number of nitriles is 1. The van der Waals surface area contributed by atoms with Gasteiger partial charge in [-0.1, -0.05) is 12.1 Å². The number of ether oxygens (including phenoxy) is 1. The Bertz CT molecular complexity index is 1240. The second-order valence-corrected chi connectivity index (χ2v) is 8.64. The van der Waals surface area contributed by atoms with Gasteiger partial charge in [0.1, 0.15) is 6.54 Å². The van der Waals surface area contributed by atoms with Crippen LogP contribution in [0, 0.1) is 24.8 Å². The minimum atomic E-state index is -0.663. The molecule has 9 nitrogen and oxygen atoms in total. The number of benzene rings is 1. The zero-order valence-corrected chi connectivity index (χ0v) is 19.5. The van der Waals surface area contributed by atoms with E-state index in [0.717, 1.165) is 23.0 Å². The lowest BCUT2D eigenvalue weighted by Gasteiger charge is -2.32. The van der Waals surface area contributed by atoms with Crippen LogP contribution in [-0.4, -0.2) is 34.8 Å². The van der Waals surface area contributed by atoms with Gasteiger partial charge in [-0.3, -0.25) is 18.7 Å². The lowest BCUT2D eigenvalue weighted by atomic mass is 9.74. The number of aryl methyl sites for hydroxylation is 1. The van der Waals surface area contributed by atoms with Gasteiger partial charge in [0.2, 0.25) is 0 Å². The van der Waals surface area contributed by atoms with E-state index in [-0.39, 0.29) is 24.7 Å². The van der Waals surface area contributed by atoms with Gasteiger partial charge in [-0.25, -0.2) is 11.4 Å². The molecule has 1 N–H and O–H groups in total. The van der Waals surface area contributed by atoms with Crippen molar-refractivity contribution in [3.63, 3.8) is 0 Å².